The van der Waals surface area contributed by atoms with Gasteiger partial charge in [-0.15, -0.1) is 11.3 Å². The number of aromatic nitrogens is 2. The van der Waals surface area contributed by atoms with E-state index < -0.39 is 0 Å². The monoisotopic (exact) mass is 300 g/mol. The lowest BCUT2D eigenvalue weighted by molar-refractivity contribution is 0.274. The fourth-order valence-corrected chi connectivity index (χ4v) is 4.28. The van der Waals surface area contributed by atoms with Gasteiger partial charge in [-0.1, -0.05) is 0 Å². The highest BCUT2D eigenvalue weighted by molar-refractivity contribution is 7.15. The number of pyridine rings is 1. The molecule has 2 aromatic rings. The van der Waals surface area contributed by atoms with Gasteiger partial charge in [-0.05, 0) is 42.4 Å². The van der Waals surface area contributed by atoms with Gasteiger partial charge in [0, 0.05) is 43.3 Å². The molecule has 4 nitrogen and oxygen atoms in total. The maximum Gasteiger partial charge on any atom is 0.180 e. The topological polar surface area (TPSA) is 55.0 Å². The Labute approximate surface area is 129 Å². The number of anilines is 1. The van der Waals surface area contributed by atoms with E-state index in [0.29, 0.717) is 0 Å². The van der Waals surface area contributed by atoms with Crippen molar-refractivity contribution in [3.8, 4) is 0 Å². The summed E-state index contributed by atoms with van der Waals surface area (Å²) in [5.41, 5.74) is 8.50. The Morgan fingerprint density at radius 1 is 1.24 bits per heavy atom. The van der Waals surface area contributed by atoms with Gasteiger partial charge in [-0.2, -0.15) is 0 Å². The largest absolute Gasteiger partial charge is 0.375 e. The van der Waals surface area contributed by atoms with Crippen molar-refractivity contribution in [1.82, 2.24) is 14.9 Å². The highest BCUT2D eigenvalue weighted by Crippen LogP contribution is 2.47. The molecule has 0 saturated heterocycles. The van der Waals surface area contributed by atoms with Crippen molar-refractivity contribution in [2.24, 2.45) is 5.92 Å². The third kappa shape index (κ3) is 2.80. The van der Waals surface area contributed by atoms with Crippen molar-refractivity contribution >= 4 is 16.5 Å². The van der Waals surface area contributed by atoms with Gasteiger partial charge in [-0.3, -0.25) is 4.98 Å². The molecule has 2 unspecified atom stereocenters. The Kier molecular flexibility index (Phi) is 3.39. The smallest absolute Gasteiger partial charge is 0.180 e. The van der Waals surface area contributed by atoms with Gasteiger partial charge in [0.2, 0.25) is 0 Å². The molecule has 0 bridgehead atoms. The molecule has 1 fully saturated rings. The molecule has 0 radical (unpaired) electrons. The van der Waals surface area contributed by atoms with E-state index in [1.165, 1.54) is 29.1 Å². The zero-order valence-corrected chi connectivity index (χ0v) is 12.9. The average Bonchev–Trinajstić information content (AvgIpc) is 3.21. The van der Waals surface area contributed by atoms with Gasteiger partial charge in [-0.25, -0.2) is 4.98 Å². The van der Waals surface area contributed by atoms with Crippen molar-refractivity contribution in [1.29, 1.82) is 0 Å². The third-order valence-corrected chi connectivity index (χ3v) is 5.65. The van der Waals surface area contributed by atoms with Gasteiger partial charge in [0.05, 0.1) is 5.69 Å². The number of fused-ring (bicyclic) bond motifs is 1. The van der Waals surface area contributed by atoms with E-state index in [2.05, 4.69) is 27.0 Å². The predicted molar refractivity (Wildman–Crippen MR) is 85.5 cm³/mol. The van der Waals surface area contributed by atoms with Crippen LogP contribution in [0.3, 0.4) is 0 Å². The molecular weight excluding hydrogens is 280 g/mol. The van der Waals surface area contributed by atoms with Gasteiger partial charge < -0.3 is 10.6 Å². The maximum atomic E-state index is 5.81. The molecular formula is C16H20N4S. The normalized spacial score (nSPS) is 25.3. The molecule has 0 spiro atoms. The second kappa shape index (κ2) is 5.39. The van der Waals surface area contributed by atoms with Crippen molar-refractivity contribution in [3.05, 3.63) is 40.7 Å². The molecule has 2 atom stereocenters. The lowest BCUT2D eigenvalue weighted by Gasteiger charge is -2.19. The van der Waals surface area contributed by atoms with Crippen molar-refractivity contribution in [2.45, 2.75) is 25.2 Å². The minimum absolute atomic E-state index is 0.730. The summed E-state index contributed by atoms with van der Waals surface area (Å²) in [5.74, 6) is 1.57. The molecule has 110 valence electrons. The number of hydrogen-bond donors (Lipinski definition) is 1. The summed E-state index contributed by atoms with van der Waals surface area (Å²) in [6.45, 7) is 3.49. The average molecular weight is 300 g/mol. The lowest BCUT2D eigenvalue weighted by Crippen LogP contribution is -2.29. The van der Waals surface area contributed by atoms with Gasteiger partial charge in [0.1, 0.15) is 0 Å². The van der Waals surface area contributed by atoms with Crippen molar-refractivity contribution in [3.63, 3.8) is 0 Å². The van der Waals surface area contributed by atoms with Gasteiger partial charge >= 0.3 is 0 Å². The van der Waals surface area contributed by atoms with Crippen molar-refractivity contribution < 1.29 is 0 Å². The Bertz CT molecular complexity index is 599. The first-order valence-electron chi connectivity index (χ1n) is 7.66. The van der Waals surface area contributed by atoms with Crippen LogP contribution in [0.4, 0.5) is 5.13 Å². The quantitative estimate of drug-likeness (QED) is 0.945. The molecule has 1 saturated carbocycles. The molecule has 3 heterocycles. The summed E-state index contributed by atoms with van der Waals surface area (Å²) in [6, 6.07) is 4.33. The molecule has 1 aliphatic carbocycles. The summed E-state index contributed by atoms with van der Waals surface area (Å²) in [4.78, 5) is 12.6. The first-order valence-corrected chi connectivity index (χ1v) is 8.47. The van der Waals surface area contributed by atoms with E-state index >= 15 is 0 Å². The summed E-state index contributed by atoms with van der Waals surface area (Å²) in [7, 11) is 0. The molecule has 21 heavy (non-hydrogen) atoms. The highest BCUT2D eigenvalue weighted by atomic mass is 32.1. The minimum Gasteiger partial charge on any atom is -0.375 e. The molecule has 1 aliphatic heterocycles. The maximum absolute atomic E-state index is 5.81. The molecule has 4 rings (SSSR count). The van der Waals surface area contributed by atoms with E-state index in [1.54, 1.807) is 11.3 Å². The molecule has 5 heteroatoms. The van der Waals surface area contributed by atoms with Crippen LogP contribution in [0.5, 0.6) is 0 Å². The summed E-state index contributed by atoms with van der Waals surface area (Å²) in [5, 5.41) is 0.730. The van der Waals surface area contributed by atoms with Crippen LogP contribution in [0.15, 0.2) is 24.5 Å². The number of nitrogen functional groups attached to an aromatic ring is 1. The number of nitrogens with two attached hydrogens (primary N) is 1. The standard InChI is InChI=1S/C16H20N4S/c17-16-19-14-3-7-20(8-4-15(14)21-16)10-12-9-13(12)11-1-5-18-6-2-11/h1-2,5-6,12-13H,3-4,7-10H2,(H2,17,19). The second-order valence-corrected chi connectivity index (χ2v) is 7.22. The van der Waals surface area contributed by atoms with E-state index in [0.717, 1.165) is 42.9 Å². The molecule has 0 aromatic carbocycles. The van der Waals surface area contributed by atoms with E-state index in [9.17, 15) is 0 Å². The third-order valence-electron chi connectivity index (χ3n) is 4.66. The van der Waals surface area contributed by atoms with Crippen LogP contribution in [0.2, 0.25) is 0 Å². The van der Waals surface area contributed by atoms with Gasteiger partial charge in [0.15, 0.2) is 5.13 Å². The van der Waals surface area contributed by atoms with E-state index in [-0.39, 0.29) is 0 Å². The predicted octanol–water partition coefficient (Wildman–Crippen LogP) is 2.32. The molecule has 0 amide bonds. The van der Waals surface area contributed by atoms with Crippen LogP contribution < -0.4 is 5.73 Å². The molecule has 2 aromatic heterocycles. The SMILES string of the molecule is Nc1nc2c(s1)CCN(CC1CC1c1ccncc1)CC2. The minimum atomic E-state index is 0.730. The fourth-order valence-electron chi connectivity index (χ4n) is 3.41. The van der Waals surface area contributed by atoms with E-state index in [1.807, 2.05) is 12.4 Å². The van der Waals surface area contributed by atoms with Crippen molar-refractivity contribution in [2.75, 3.05) is 25.4 Å². The van der Waals surface area contributed by atoms with Crippen LogP contribution in [0.25, 0.3) is 0 Å². The number of thiazole rings is 1. The van der Waals surface area contributed by atoms with E-state index in [4.69, 9.17) is 5.73 Å². The Hall–Kier alpha value is -1.46. The van der Waals surface area contributed by atoms with Crippen LogP contribution in [-0.2, 0) is 12.8 Å². The highest BCUT2D eigenvalue weighted by Gasteiger charge is 2.39. The van der Waals surface area contributed by atoms with Crippen LogP contribution in [-0.4, -0.2) is 34.5 Å². The fraction of sp³-hybridized carbons (Fsp3) is 0.500. The molecule has 2 aliphatic rings. The second-order valence-electron chi connectivity index (χ2n) is 6.11. The zero-order valence-electron chi connectivity index (χ0n) is 12.0. The first-order chi connectivity index (χ1) is 10.3. The van der Waals surface area contributed by atoms with Crippen LogP contribution >= 0.6 is 11.3 Å². The zero-order chi connectivity index (χ0) is 14.2. The Morgan fingerprint density at radius 2 is 2.05 bits per heavy atom. The van der Waals surface area contributed by atoms with Crippen LogP contribution in [0, 0.1) is 5.92 Å². The summed E-state index contributed by atoms with van der Waals surface area (Å²) < 4.78 is 0. The van der Waals surface area contributed by atoms with Crippen LogP contribution in [0.1, 0.15) is 28.5 Å². The first kappa shape index (κ1) is 13.2. The summed E-state index contributed by atoms with van der Waals surface area (Å²) >= 11 is 1.67. The Balaban J connectivity index is 1.34. The number of rotatable bonds is 3. The number of nitrogens with zero attached hydrogens (tertiary/aromatic N) is 3. The lowest BCUT2D eigenvalue weighted by atomic mass is 10.1. The van der Waals surface area contributed by atoms with Gasteiger partial charge in [0.25, 0.3) is 0 Å². The Morgan fingerprint density at radius 3 is 2.90 bits per heavy atom. The molecule has 2 N–H and O–H groups in total. The summed E-state index contributed by atoms with van der Waals surface area (Å²) in [6.07, 6.45) is 7.30. The number of hydrogen-bond acceptors (Lipinski definition) is 5.